The van der Waals surface area contributed by atoms with Crippen LogP contribution in [-0.4, -0.2) is 19.6 Å². The van der Waals surface area contributed by atoms with Crippen LogP contribution < -0.4 is 0 Å². The van der Waals surface area contributed by atoms with Crippen LogP contribution in [0.1, 0.15) is 13.3 Å². The molecule has 0 unspecified atom stereocenters. The number of aliphatic hydroxyl groups is 1. The van der Waals surface area contributed by atoms with Gasteiger partial charge in [-0.25, -0.2) is 0 Å². The Morgan fingerprint density at radius 3 is 2.29 bits per heavy atom. The summed E-state index contributed by atoms with van der Waals surface area (Å²) in [5.41, 5.74) is 0. The molecule has 0 bridgehead atoms. The van der Waals surface area contributed by atoms with E-state index in [1.165, 1.54) is 0 Å². The van der Waals surface area contributed by atoms with Gasteiger partial charge in [0.25, 0.3) is 0 Å². The number of hydrogen-bond donors (Lipinski definition) is 1. The van der Waals surface area contributed by atoms with Crippen molar-refractivity contribution >= 4 is 7.85 Å². The zero-order valence-corrected chi connectivity index (χ0v) is 5.15. The molecule has 0 aliphatic carbocycles. The number of aliphatic hydroxyl groups excluding tert-OH is 1. The van der Waals surface area contributed by atoms with Crippen molar-refractivity contribution in [1.29, 1.82) is 0 Å². The van der Waals surface area contributed by atoms with Crippen molar-refractivity contribution in [2.75, 3.05) is 6.61 Å². The molecule has 0 aromatic rings. The Labute approximate surface area is 46.1 Å². The quantitative estimate of drug-likeness (QED) is 0.497. The molecule has 0 radical (unpaired) electrons. The molecular weight excluding hydrogens is 86.9 g/mol. The monoisotopic (exact) mass is 100 g/mol. The average molecular weight is 100.0 g/mol. The summed E-state index contributed by atoms with van der Waals surface area (Å²) in [5, 5.41) is 8.53. The number of rotatable bonds is 3. The summed E-state index contributed by atoms with van der Waals surface area (Å²) in [6.45, 7) is 2.46. The van der Waals surface area contributed by atoms with Gasteiger partial charge in [-0.3, -0.25) is 0 Å². The second-order valence-electron chi connectivity index (χ2n) is 1.87. The lowest BCUT2D eigenvalue weighted by atomic mass is 9.90. The molecule has 0 saturated heterocycles. The fourth-order valence-corrected chi connectivity index (χ4v) is 0.547. The lowest BCUT2D eigenvalue weighted by Gasteiger charge is -2.04. The predicted molar refractivity (Wildman–Crippen MR) is 34.2 cm³/mol. The summed E-state index contributed by atoms with van der Waals surface area (Å²) >= 11 is 0. The van der Waals surface area contributed by atoms with Crippen molar-refractivity contribution in [2.24, 2.45) is 5.92 Å². The van der Waals surface area contributed by atoms with E-state index in [4.69, 9.17) is 5.11 Å². The van der Waals surface area contributed by atoms with Gasteiger partial charge in [-0.05, 0) is 5.92 Å². The van der Waals surface area contributed by atoms with Crippen LogP contribution in [0, 0.1) is 5.92 Å². The molecule has 1 N–H and O–H groups in total. The molecule has 2 heteroatoms. The summed E-state index contributed by atoms with van der Waals surface area (Å²) in [5.74, 6) is 0.542. The molecule has 42 valence electrons. The smallest absolute Gasteiger partial charge is 0.101 e. The van der Waals surface area contributed by atoms with Gasteiger partial charge in [0.2, 0.25) is 0 Å². The van der Waals surface area contributed by atoms with E-state index < -0.39 is 0 Å². The van der Waals surface area contributed by atoms with Crippen LogP contribution in [-0.2, 0) is 0 Å². The van der Waals surface area contributed by atoms with Gasteiger partial charge in [-0.15, -0.1) is 0 Å². The molecule has 0 amide bonds. The molecule has 0 spiro atoms. The van der Waals surface area contributed by atoms with Crippen molar-refractivity contribution in [1.82, 2.24) is 0 Å². The highest BCUT2D eigenvalue weighted by molar-refractivity contribution is 6.08. The third-order valence-electron chi connectivity index (χ3n) is 1.41. The molecule has 0 aromatic carbocycles. The van der Waals surface area contributed by atoms with Crippen molar-refractivity contribution in [3.8, 4) is 0 Å². The van der Waals surface area contributed by atoms with Gasteiger partial charge < -0.3 is 5.11 Å². The third-order valence-corrected chi connectivity index (χ3v) is 1.41. The first kappa shape index (κ1) is 7.02. The van der Waals surface area contributed by atoms with Crippen LogP contribution in [0.15, 0.2) is 0 Å². The topological polar surface area (TPSA) is 20.2 Å². The average Bonchev–Trinajstić information content (AvgIpc) is 1.72. The van der Waals surface area contributed by atoms with E-state index in [1.807, 2.05) is 0 Å². The standard InChI is InChI=1S/C5H13BO/c1-2-5(3-6)4-7/h5,7H,2-4,6H2,1H3/t5-/m0/s1. The van der Waals surface area contributed by atoms with Crippen LogP contribution in [0.2, 0.25) is 6.32 Å². The molecule has 0 heterocycles. The van der Waals surface area contributed by atoms with Crippen LogP contribution >= 0.6 is 0 Å². The Morgan fingerprint density at radius 1 is 1.71 bits per heavy atom. The van der Waals surface area contributed by atoms with Crippen molar-refractivity contribution < 1.29 is 5.11 Å². The summed E-state index contributed by atoms with van der Waals surface area (Å²) in [7, 11) is 2.10. The van der Waals surface area contributed by atoms with Gasteiger partial charge in [0, 0.05) is 6.61 Å². The van der Waals surface area contributed by atoms with Gasteiger partial charge in [0.15, 0.2) is 0 Å². The maximum atomic E-state index is 8.53. The van der Waals surface area contributed by atoms with E-state index in [-0.39, 0.29) is 0 Å². The second-order valence-corrected chi connectivity index (χ2v) is 1.87. The Hall–Kier alpha value is 0.0249. The van der Waals surface area contributed by atoms with E-state index >= 15 is 0 Å². The van der Waals surface area contributed by atoms with Gasteiger partial charge in [-0.1, -0.05) is 19.7 Å². The highest BCUT2D eigenvalue weighted by Crippen LogP contribution is 2.02. The van der Waals surface area contributed by atoms with Crippen molar-refractivity contribution in [2.45, 2.75) is 19.7 Å². The fraction of sp³-hybridized carbons (Fsp3) is 1.00. The summed E-state index contributed by atoms with van der Waals surface area (Å²) in [6, 6.07) is 0. The SMILES string of the molecule is BC[C@H](CC)CO. The number of hydrogen-bond acceptors (Lipinski definition) is 1. The largest absolute Gasteiger partial charge is 0.396 e. The van der Waals surface area contributed by atoms with Crippen molar-refractivity contribution in [3.05, 3.63) is 0 Å². The minimum absolute atomic E-state index is 0.354. The molecular formula is C5H13BO. The molecule has 0 aliphatic heterocycles. The minimum Gasteiger partial charge on any atom is -0.396 e. The lowest BCUT2D eigenvalue weighted by Crippen LogP contribution is -2.02. The van der Waals surface area contributed by atoms with Gasteiger partial charge in [0.1, 0.15) is 7.85 Å². The van der Waals surface area contributed by atoms with Gasteiger partial charge in [-0.2, -0.15) is 0 Å². The molecule has 7 heavy (non-hydrogen) atoms. The molecule has 0 rings (SSSR count). The highest BCUT2D eigenvalue weighted by atomic mass is 16.3. The molecule has 0 aliphatic rings. The van der Waals surface area contributed by atoms with E-state index in [2.05, 4.69) is 14.8 Å². The maximum absolute atomic E-state index is 8.53. The zero-order valence-electron chi connectivity index (χ0n) is 5.15. The van der Waals surface area contributed by atoms with E-state index in [1.54, 1.807) is 0 Å². The highest BCUT2D eigenvalue weighted by Gasteiger charge is 1.97. The first-order valence-corrected chi connectivity index (χ1v) is 2.96. The molecule has 0 saturated carbocycles. The van der Waals surface area contributed by atoms with Crippen LogP contribution in [0.3, 0.4) is 0 Å². The minimum atomic E-state index is 0.354. The normalized spacial score (nSPS) is 14.0. The van der Waals surface area contributed by atoms with Gasteiger partial charge in [0.05, 0.1) is 0 Å². The van der Waals surface area contributed by atoms with Crippen LogP contribution in [0.4, 0.5) is 0 Å². The van der Waals surface area contributed by atoms with Crippen LogP contribution in [0.5, 0.6) is 0 Å². The summed E-state index contributed by atoms with van der Waals surface area (Å²) in [4.78, 5) is 0. The Morgan fingerprint density at radius 2 is 2.29 bits per heavy atom. The Bertz CT molecular complexity index is 29.6. The second kappa shape index (κ2) is 4.19. The first-order valence-electron chi connectivity index (χ1n) is 2.96. The lowest BCUT2D eigenvalue weighted by molar-refractivity contribution is 0.234. The molecule has 0 aromatic heterocycles. The fourth-order valence-electron chi connectivity index (χ4n) is 0.547. The Kier molecular flexibility index (Phi) is 4.21. The van der Waals surface area contributed by atoms with E-state index in [9.17, 15) is 0 Å². The summed E-state index contributed by atoms with van der Waals surface area (Å²) in [6.07, 6.45) is 2.21. The third kappa shape index (κ3) is 2.69. The van der Waals surface area contributed by atoms with E-state index in [0.29, 0.717) is 12.5 Å². The predicted octanol–water partition coefficient (Wildman–Crippen LogP) is 0.0563. The zero-order chi connectivity index (χ0) is 5.70. The van der Waals surface area contributed by atoms with E-state index in [0.717, 1.165) is 12.7 Å². The Balaban J connectivity index is 2.99. The molecule has 1 nitrogen and oxygen atoms in total. The molecule has 0 fully saturated rings. The van der Waals surface area contributed by atoms with Crippen molar-refractivity contribution in [3.63, 3.8) is 0 Å². The maximum Gasteiger partial charge on any atom is 0.101 e. The van der Waals surface area contributed by atoms with Gasteiger partial charge >= 0.3 is 0 Å². The molecule has 1 atom stereocenters. The van der Waals surface area contributed by atoms with Crippen LogP contribution in [0.25, 0.3) is 0 Å². The first-order chi connectivity index (χ1) is 3.35. The summed E-state index contributed by atoms with van der Waals surface area (Å²) < 4.78 is 0.